The third kappa shape index (κ3) is 3.79. The first-order valence-electron chi connectivity index (χ1n) is 6.10. The lowest BCUT2D eigenvalue weighted by Gasteiger charge is -2.28. The van der Waals surface area contributed by atoms with E-state index in [0.29, 0.717) is 5.75 Å². The van der Waals surface area contributed by atoms with Crippen molar-refractivity contribution < 1.29 is 27.0 Å². The highest BCUT2D eigenvalue weighted by atomic mass is 79.9. The van der Waals surface area contributed by atoms with E-state index in [9.17, 15) is 17.6 Å². The molecule has 0 aliphatic heterocycles. The standard InChI is InChI=1S/C13H16BrF4NO2/c1-4-19-11(13(17,18)12(15)16)7-5-9(20-2)10(21-3)6-8(7)14/h5-6,11-12,19H,4H2,1-3H3. The first-order valence-corrected chi connectivity index (χ1v) is 6.89. The van der Waals surface area contributed by atoms with Crippen LogP contribution in [0.3, 0.4) is 0 Å². The van der Waals surface area contributed by atoms with E-state index in [2.05, 4.69) is 21.2 Å². The lowest BCUT2D eigenvalue weighted by atomic mass is 10.00. The Bertz CT molecular complexity index is 485. The minimum Gasteiger partial charge on any atom is -0.493 e. The van der Waals surface area contributed by atoms with Crippen molar-refractivity contribution in [3.63, 3.8) is 0 Å². The SMILES string of the molecule is CCNC(c1cc(OC)c(OC)cc1Br)C(F)(F)C(F)F. The molecule has 1 aromatic rings. The molecule has 1 atom stereocenters. The van der Waals surface area contributed by atoms with Crippen LogP contribution in [0.15, 0.2) is 16.6 Å². The van der Waals surface area contributed by atoms with Gasteiger partial charge in [0.05, 0.1) is 14.2 Å². The monoisotopic (exact) mass is 373 g/mol. The fourth-order valence-corrected chi connectivity index (χ4v) is 2.43. The average molecular weight is 374 g/mol. The smallest absolute Gasteiger partial charge is 0.326 e. The Morgan fingerprint density at radius 1 is 1.19 bits per heavy atom. The van der Waals surface area contributed by atoms with Gasteiger partial charge >= 0.3 is 12.3 Å². The third-order valence-corrected chi connectivity index (χ3v) is 3.58. The predicted octanol–water partition coefficient (Wildman–Crippen LogP) is 4.02. The molecule has 3 nitrogen and oxygen atoms in total. The van der Waals surface area contributed by atoms with Crippen molar-refractivity contribution in [2.24, 2.45) is 0 Å². The van der Waals surface area contributed by atoms with Crippen LogP contribution >= 0.6 is 15.9 Å². The van der Waals surface area contributed by atoms with Gasteiger partial charge in [-0.2, -0.15) is 8.78 Å². The minimum atomic E-state index is -4.22. The van der Waals surface area contributed by atoms with Gasteiger partial charge in [0, 0.05) is 4.47 Å². The molecule has 1 unspecified atom stereocenters. The number of nitrogens with one attached hydrogen (secondary N) is 1. The van der Waals surface area contributed by atoms with Crippen LogP contribution in [-0.4, -0.2) is 33.1 Å². The first-order chi connectivity index (χ1) is 9.79. The molecule has 0 saturated carbocycles. The van der Waals surface area contributed by atoms with Crippen LogP contribution < -0.4 is 14.8 Å². The van der Waals surface area contributed by atoms with E-state index in [-0.39, 0.29) is 22.3 Å². The molecule has 0 aliphatic carbocycles. The summed E-state index contributed by atoms with van der Waals surface area (Å²) in [6.07, 6.45) is -3.79. The Hall–Kier alpha value is -1.02. The summed E-state index contributed by atoms with van der Waals surface area (Å²) in [6.45, 7) is 1.66. The molecule has 0 heterocycles. The summed E-state index contributed by atoms with van der Waals surface area (Å²) >= 11 is 3.11. The van der Waals surface area contributed by atoms with Gasteiger partial charge in [-0.25, -0.2) is 8.78 Å². The lowest BCUT2D eigenvalue weighted by molar-refractivity contribution is -0.151. The molecule has 0 aliphatic rings. The molecule has 0 aromatic heterocycles. The molecule has 1 N–H and O–H groups in total. The molecule has 21 heavy (non-hydrogen) atoms. The first kappa shape index (κ1) is 18.0. The van der Waals surface area contributed by atoms with Gasteiger partial charge in [-0.05, 0) is 24.2 Å². The summed E-state index contributed by atoms with van der Waals surface area (Å²) in [5.41, 5.74) is -0.0280. The van der Waals surface area contributed by atoms with Crippen molar-refractivity contribution in [3.05, 3.63) is 22.2 Å². The lowest BCUT2D eigenvalue weighted by Crippen LogP contribution is -2.42. The van der Waals surface area contributed by atoms with Crippen molar-refractivity contribution in [3.8, 4) is 11.5 Å². The van der Waals surface area contributed by atoms with Crippen molar-refractivity contribution in [2.45, 2.75) is 25.3 Å². The van der Waals surface area contributed by atoms with Crippen molar-refractivity contribution in [1.29, 1.82) is 0 Å². The zero-order chi connectivity index (χ0) is 16.2. The second-order valence-corrected chi connectivity index (χ2v) is 5.05. The molecule has 1 rings (SSSR count). The number of rotatable bonds is 7. The van der Waals surface area contributed by atoms with Gasteiger partial charge in [0.2, 0.25) is 0 Å². The van der Waals surface area contributed by atoms with Gasteiger partial charge in [0.1, 0.15) is 6.04 Å². The van der Waals surface area contributed by atoms with Crippen molar-refractivity contribution >= 4 is 15.9 Å². The molecule has 0 bridgehead atoms. The predicted molar refractivity (Wildman–Crippen MR) is 74.6 cm³/mol. The highest BCUT2D eigenvalue weighted by Crippen LogP contribution is 2.43. The Labute approximate surface area is 128 Å². The summed E-state index contributed by atoms with van der Waals surface area (Å²) in [7, 11) is 2.72. The van der Waals surface area contributed by atoms with Gasteiger partial charge in [-0.3, -0.25) is 0 Å². The van der Waals surface area contributed by atoms with E-state index in [4.69, 9.17) is 9.47 Å². The fraction of sp³-hybridized carbons (Fsp3) is 0.538. The van der Waals surface area contributed by atoms with E-state index >= 15 is 0 Å². The maximum Gasteiger partial charge on any atom is 0.326 e. The molecular formula is C13H16BrF4NO2. The van der Waals surface area contributed by atoms with E-state index < -0.39 is 18.4 Å². The highest BCUT2D eigenvalue weighted by Gasteiger charge is 2.49. The van der Waals surface area contributed by atoms with Crippen LogP contribution in [0.1, 0.15) is 18.5 Å². The minimum absolute atomic E-state index is 0.0280. The number of hydrogen-bond donors (Lipinski definition) is 1. The second-order valence-electron chi connectivity index (χ2n) is 4.19. The number of halogens is 5. The average Bonchev–Trinajstić information content (AvgIpc) is 2.44. The Kier molecular flexibility index (Phi) is 6.27. The molecule has 120 valence electrons. The second kappa shape index (κ2) is 7.31. The Morgan fingerprint density at radius 3 is 2.14 bits per heavy atom. The summed E-state index contributed by atoms with van der Waals surface area (Å²) < 4.78 is 63.2. The number of ether oxygens (including phenoxy) is 2. The Balaban J connectivity index is 3.38. The van der Waals surface area contributed by atoms with Gasteiger partial charge in [-0.15, -0.1) is 0 Å². The topological polar surface area (TPSA) is 30.5 Å². The normalized spacial score (nSPS) is 13.4. The molecule has 0 radical (unpaired) electrons. The highest BCUT2D eigenvalue weighted by molar-refractivity contribution is 9.10. The zero-order valence-electron chi connectivity index (χ0n) is 11.7. The van der Waals surface area contributed by atoms with Gasteiger partial charge in [0.25, 0.3) is 0 Å². The summed E-state index contributed by atoms with van der Waals surface area (Å²) in [5.74, 6) is -3.73. The van der Waals surface area contributed by atoms with Gasteiger partial charge < -0.3 is 14.8 Å². The van der Waals surface area contributed by atoms with Crippen molar-refractivity contribution in [2.75, 3.05) is 20.8 Å². The number of benzene rings is 1. The summed E-state index contributed by atoms with van der Waals surface area (Å²) in [5, 5.41) is 2.39. The molecule has 0 spiro atoms. The number of hydrogen-bond acceptors (Lipinski definition) is 3. The van der Waals surface area contributed by atoms with E-state index in [1.165, 1.54) is 26.4 Å². The number of methoxy groups -OCH3 is 2. The largest absolute Gasteiger partial charge is 0.493 e. The van der Waals surface area contributed by atoms with E-state index in [1.54, 1.807) is 6.92 Å². The Morgan fingerprint density at radius 2 is 1.71 bits per heavy atom. The van der Waals surface area contributed by atoms with Crippen LogP contribution in [0.25, 0.3) is 0 Å². The maximum atomic E-state index is 13.8. The molecule has 1 aromatic carbocycles. The zero-order valence-corrected chi connectivity index (χ0v) is 13.3. The van der Waals surface area contributed by atoms with Crippen LogP contribution in [0.4, 0.5) is 17.6 Å². The summed E-state index contributed by atoms with van der Waals surface area (Å²) in [4.78, 5) is 0. The molecule has 0 amide bonds. The summed E-state index contributed by atoms with van der Waals surface area (Å²) in [6, 6.07) is 0.809. The molecule has 0 saturated heterocycles. The van der Waals surface area contributed by atoms with Crippen LogP contribution in [0, 0.1) is 0 Å². The van der Waals surface area contributed by atoms with Crippen molar-refractivity contribution in [1.82, 2.24) is 5.32 Å². The van der Waals surface area contributed by atoms with E-state index in [0.717, 1.165) is 0 Å². The van der Waals surface area contributed by atoms with Crippen LogP contribution in [0.5, 0.6) is 11.5 Å². The maximum absolute atomic E-state index is 13.8. The molecule has 0 fully saturated rings. The number of alkyl halides is 4. The van der Waals surface area contributed by atoms with E-state index in [1.807, 2.05) is 0 Å². The quantitative estimate of drug-likeness (QED) is 0.732. The molecular weight excluding hydrogens is 358 g/mol. The van der Waals surface area contributed by atoms with Gasteiger partial charge in [-0.1, -0.05) is 22.9 Å². The van der Waals surface area contributed by atoms with Gasteiger partial charge in [0.15, 0.2) is 11.5 Å². The fourth-order valence-electron chi connectivity index (χ4n) is 1.87. The third-order valence-electron chi connectivity index (χ3n) is 2.90. The van der Waals surface area contributed by atoms with Crippen LogP contribution in [-0.2, 0) is 0 Å². The van der Waals surface area contributed by atoms with Crippen LogP contribution in [0.2, 0.25) is 0 Å². The molecule has 8 heteroatoms.